The van der Waals surface area contributed by atoms with Gasteiger partial charge < -0.3 is 20.1 Å². The number of rotatable bonds is 3. The molecule has 5 heteroatoms. The lowest BCUT2D eigenvalue weighted by atomic mass is 9.96. The van der Waals surface area contributed by atoms with Crippen molar-refractivity contribution >= 4 is 17.3 Å². The van der Waals surface area contributed by atoms with E-state index in [1.807, 2.05) is 56.3 Å². The number of nitrogens with zero attached hydrogens (tertiary/aromatic N) is 1. The number of amides is 1. The van der Waals surface area contributed by atoms with Gasteiger partial charge in [0.25, 0.3) is 5.91 Å². The highest BCUT2D eigenvalue weighted by atomic mass is 16.6. The minimum Gasteiger partial charge on any atom is -0.465 e. The number of hydrogen-bond donors (Lipinski definition) is 2. The second-order valence-electron chi connectivity index (χ2n) is 6.59. The third kappa shape index (κ3) is 2.95. The summed E-state index contributed by atoms with van der Waals surface area (Å²) in [7, 11) is 1.80. The molecular weight excluding hydrogens is 304 g/mol. The highest BCUT2D eigenvalue weighted by Crippen LogP contribution is 2.37. The van der Waals surface area contributed by atoms with E-state index in [-0.39, 0.29) is 5.91 Å². The van der Waals surface area contributed by atoms with Gasteiger partial charge in [0.2, 0.25) is 0 Å². The Morgan fingerprint density at radius 3 is 2.38 bits per heavy atom. The van der Waals surface area contributed by atoms with Gasteiger partial charge in [-0.3, -0.25) is 4.79 Å². The molecule has 0 bridgehead atoms. The van der Waals surface area contributed by atoms with Crippen molar-refractivity contribution in [3.8, 4) is 16.9 Å². The predicted molar refractivity (Wildman–Crippen MR) is 95.3 cm³/mol. The summed E-state index contributed by atoms with van der Waals surface area (Å²) in [6.45, 7) is 5.33. The fourth-order valence-corrected chi connectivity index (χ4v) is 2.94. The van der Waals surface area contributed by atoms with Crippen LogP contribution in [0.1, 0.15) is 20.8 Å². The quantitative estimate of drug-likeness (QED) is 0.850. The monoisotopic (exact) mass is 326 g/mol. The number of aliphatic hydroxyl groups is 1. The van der Waals surface area contributed by atoms with E-state index in [1.54, 1.807) is 18.9 Å². The first kappa shape index (κ1) is 16.3. The molecule has 0 spiro atoms. The maximum atomic E-state index is 12.4. The van der Waals surface area contributed by atoms with E-state index in [2.05, 4.69) is 5.32 Å². The maximum Gasteiger partial charge on any atom is 0.251 e. The standard InChI is InChI=1S/C19H22N2O3/c1-12(22)24-15-8-5-13(6-9-15)14-7-10-16-17(11-14)21(4)18(23)19(2,3)20-16/h5-12,20,22H,1-4H3. The Hall–Kier alpha value is -2.53. The third-order valence-corrected chi connectivity index (χ3v) is 4.14. The molecule has 0 aromatic heterocycles. The molecule has 0 saturated carbocycles. The maximum absolute atomic E-state index is 12.4. The van der Waals surface area contributed by atoms with Gasteiger partial charge in [-0.05, 0) is 56.2 Å². The van der Waals surface area contributed by atoms with Gasteiger partial charge in [0.1, 0.15) is 11.3 Å². The molecule has 0 aliphatic carbocycles. The van der Waals surface area contributed by atoms with Crippen LogP contribution >= 0.6 is 0 Å². The van der Waals surface area contributed by atoms with Gasteiger partial charge in [-0.2, -0.15) is 0 Å². The Balaban J connectivity index is 1.93. The van der Waals surface area contributed by atoms with Crippen molar-refractivity contribution in [1.29, 1.82) is 0 Å². The van der Waals surface area contributed by atoms with Crippen molar-refractivity contribution in [1.82, 2.24) is 0 Å². The number of fused-ring (bicyclic) bond motifs is 1. The molecule has 1 amide bonds. The molecule has 0 radical (unpaired) electrons. The van der Waals surface area contributed by atoms with E-state index in [0.717, 1.165) is 22.5 Å². The van der Waals surface area contributed by atoms with Gasteiger partial charge in [0.05, 0.1) is 11.4 Å². The van der Waals surface area contributed by atoms with Crippen molar-refractivity contribution in [3.05, 3.63) is 42.5 Å². The minimum absolute atomic E-state index is 0.0350. The van der Waals surface area contributed by atoms with Gasteiger partial charge in [-0.15, -0.1) is 0 Å². The Labute approximate surface area is 141 Å². The second-order valence-corrected chi connectivity index (χ2v) is 6.59. The van der Waals surface area contributed by atoms with Crippen LogP contribution in [0.3, 0.4) is 0 Å². The number of aliphatic hydroxyl groups excluding tert-OH is 1. The van der Waals surface area contributed by atoms with E-state index >= 15 is 0 Å². The summed E-state index contributed by atoms with van der Waals surface area (Å²) in [6.07, 6.45) is -0.839. The van der Waals surface area contributed by atoms with Crippen molar-refractivity contribution in [2.75, 3.05) is 17.3 Å². The summed E-state index contributed by atoms with van der Waals surface area (Å²) in [6, 6.07) is 13.5. The zero-order valence-electron chi connectivity index (χ0n) is 14.3. The molecule has 1 atom stereocenters. The largest absolute Gasteiger partial charge is 0.465 e. The average molecular weight is 326 g/mol. The molecule has 0 saturated heterocycles. The van der Waals surface area contributed by atoms with Crippen LogP contribution in [0.5, 0.6) is 5.75 Å². The number of likely N-dealkylation sites (N-methyl/N-ethyl adjacent to an activating group) is 1. The number of ether oxygens (including phenoxy) is 1. The topological polar surface area (TPSA) is 61.8 Å². The fourth-order valence-electron chi connectivity index (χ4n) is 2.94. The van der Waals surface area contributed by atoms with Crippen LogP contribution in [0.2, 0.25) is 0 Å². The average Bonchev–Trinajstić information content (AvgIpc) is 2.53. The smallest absolute Gasteiger partial charge is 0.251 e. The van der Waals surface area contributed by atoms with Crippen LogP contribution in [-0.4, -0.2) is 29.9 Å². The normalized spacial score (nSPS) is 17.0. The molecule has 1 aliphatic rings. The molecule has 5 nitrogen and oxygen atoms in total. The molecule has 2 aromatic rings. The number of carbonyl (C=O) groups excluding carboxylic acids is 1. The van der Waals surface area contributed by atoms with Crippen LogP contribution in [-0.2, 0) is 4.79 Å². The minimum atomic E-state index is -0.839. The predicted octanol–water partition coefficient (Wildman–Crippen LogP) is 3.24. The summed E-state index contributed by atoms with van der Waals surface area (Å²) < 4.78 is 5.24. The number of hydrogen-bond acceptors (Lipinski definition) is 4. The number of nitrogens with one attached hydrogen (secondary N) is 1. The first-order valence-electron chi connectivity index (χ1n) is 7.93. The summed E-state index contributed by atoms with van der Waals surface area (Å²) in [4.78, 5) is 14.1. The zero-order chi connectivity index (χ0) is 17.5. The van der Waals surface area contributed by atoms with Crippen LogP contribution in [0.15, 0.2) is 42.5 Å². The van der Waals surface area contributed by atoms with Gasteiger partial charge >= 0.3 is 0 Å². The zero-order valence-corrected chi connectivity index (χ0v) is 14.3. The summed E-state index contributed by atoms with van der Waals surface area (Å²) >= 11 is 0. The molecule has 1 unspecified atom stereocenters. The van der Waals surface area contributed by atoms with Crippen LogP contribution in [0, 0.1) is 0 Å². The Kier molecular flexibility index (Phi) is 3.97. The fraction of sp³-hybridized carbons (Fsp3) is 0.316. The van der Waals surface area contributed by atoms with Crippen LogP contribution in [0.4, 0.5) is 11.4 Å². The van der Waals surface area contributed by atoms with E-state index in [4.69, 9.17) is 4.74 Å². The highest BCUT2D eigenvalue weighted by Gasteiger charge is 2.36. The molecule has 0 fully saturated rings. The Morgan fingerprint density at radius 2 is 1.75 bits per heavy atom. The summed E-state index contributed by atoms with van der Waals surface area (Å²) in [5, 5.41) is 12.5. The van der Waals surface area contributed by atoms with Gasteiger partial charge in [-0.1, -0.05) is 18.2 Å². The van der Waals surface area contributed by atoms with Crippen LogP contribution in [0.25, 0.3) is 11.1 Å². The number of carbonyl (C=O) groups is 1. The first-order chi connectivity index (χ1) is 11.3. The number of benzene rings is 2. The van der Waals surface area contributed by atoms with Crippen molar-refractivity contribution in [2.45, 2.75) is 32.6 Å². The highest BCUT2D eigenvalue weighted by molar-refractivity contribution is 6.07. The molecule has 1 aliphatic heterocycles. The lowest BCUT2D eigenvalue weighted by Gasteiger charge is -2.38. The van der Waals surface area contributed by atoms with Crippen molar-refractivity contribution in [2.24, 2.45) is 0 Å². The molecule has 24 heavy (non-hydrogen) atoms. The van der Waals surface area contributed by atoms with E-state index in [9.17, 15) is 9.90 Å². The third-order valence-electron chi connectivity index (χ3n) is 4.14. The van der Waals surface area contributed by atoms with Gasteiger partial charge in [0.15, 0.2) is 6.29 Å². The second kappa shape index (κ2) is 5.83. The summed E-state index contributed by atoms with van der Waals surface area (Å²) in [5.41, 5.74) is 3.23. The lowest BCUT2D eigenvalue weighted by molar-refractivity contribution is -0.121. The lowest BCUT2D eigenvalue weighted by Crippen LogP contribution is -2.52. The molecule has 3 rings (SSSR count). The SMILES string of the molecule is CC(O)Oc1ccc(-c2ccc3c(c2)N(C)C(=O)C(C)(C)N3)cc1. The number of anilines is 2. The van der Waals surface area contributed by atoms with Gasteiger partial charge in [-0.25, -0.2) is 0 Å². The molecule has 126 valence electrons. The molecule has 1 heterocycles. The Bertz CT molecular complexity index is 767. The van der Waals surface area contributed by atoms with Crippen molar-refractivity contribution in [3.63, 3.8) is 0 Å². The molecule has 2 N–H and O–H groups in total. The summed E-state index contributed by atoms with van der Waals surface area (Å²) in [5.74, 6) is 0.648. The Morgan fingerprint density at radius 1 is 1.12 bits per heavy atom. The molecule has 2 aromatic carbocycles. The first-order valence-corrected chi connectivity index (χ1v) is 7.93. The van der Waals surface area contributed by atoms with Crippen molar-refractivity contribution < 1.29 is 14.6 Å². The van der Waals surface area contributed by atoms with Gasteiger partial charge in [0, 0.05) is 7.05 Å². The van der Waals surface area contributed by atoms with Crippen LogP contribution < -0.4 is 15.0 Å². The van der Waals surface area contributed by atoms with E-state index in [1.165, 1.54) is 0 Å². The van der Waals surface area contributed by atoms with E-state index < -0.39 is 11.8 Å². The molecular formula is C19H22N2O3. The van der Waals surface area contributed by atoms with E-state index in [0.29, 0.717) is 5.75 Å².